The Morgan fingerprint density at radius 1 is 1.17 bits per heavy atom. The smallest absolute Gasteiger partial charge is 0.174 e. The van der Waals surface area contributed by atoms with Gasteiger partial charge in [0, 0.05) is 30.9 Å². The van der Waals surface area contributed by atoms with Crippen LogP contribution in [0.25, 0.3) is 0 Å². The molecule has 0 radical (unpaired) electrons. The van der Waals surface area contributed by atoms with Crippen molar-refractivity contribution in [3.63, 3.8) is 0 Å². The van der Waals surface area contributed by atoms with Gasteiger partial charge >= 0.3 is 0 Å². The quantitative estimate of drug-likeness (QED) is 0.433. The summed E-state index contributed by atoms with van der Waals surface area (Å²) in [5, 5.41) is 4.55. The molecular weight excluding hydrogens is 408 g/mol. The number of hydrogen-bond acceptors (Lipinski definition) is 4. The Morgan fingerprint density at radius 2 is 2.07 bits per heavy atom. The molecule has 2 atom stereocenters. The van der Waals surface area contributed by atoms with E-state index < -0.39 is 0 Å². The molecule has 1 aliphatic heterocycles. The Balaban J connectivity index is 1.68. The maximum absolute atomic E-state index is 6.48. The average Bonchev–Trinajstić information content (AvgIpc) is 3.37. The molecule has 2 aromatic heterocycles. The molecule has 0 aliphatic carbocycles. The summed E-state index contributed by atoms with van der Waals surface area (Å²) in [6.45, 7) is 0.935. The number of rotatable bonds is 7. The Bertz CT molecular complexity index is 968. The van der Waals surface area contributed by atoms with Gasteiger partial charge in [-0.3, -0.25) is 4.98 Å². The molecule has 29 heavy (non-hydrogen) atoms. The van der Waals surface area contributed by atoms with E-state index in [9.17, 15) is 0 Å². The number of nitrogens with one attached hydrogen (secondary N) is 2. The highest BCUT2D eigenvalue weighted by atomic mass is 35.5. The maximum atomic E-state index is 6.48. The minimum Gasteiger partial charge on any atom is -0.490 e. The van der Waals surface area contributed by atoms with E-state index in [1.165, 1.54) is 0 Å². The summed E-state index contributed by atoms with van der Waals surface area (Å²) < 4.78 is 10.7. The normalized spacial score (nSPS) is 18.7. The number of aromatic nitrogens is 2. The van der Waals surface area contributed by atoms with E-state index >= 15 is 0 Å². The number of pyridine rings is 1. The van der Waals surface area contributed by atoms with E-state index in [1.807, 2.05) is 54.7 Å². The van der Waals surface area contributed by atoms with Crippen molar-refractivity contribution in [2.75, 3.05) is 25.2 Å². The van der Waals surface area contributed by atoms with Crippen LogP contribution < -0.4 is 15.0 Å². The Kier molecular flexibility index (Phi) is 5.99. The number of benzene rings is 1. The van der Waals surface area contributed by atoms with Gasteiger partial charge in [0.1, 0.15) is 18.4 Å². The summed E-state index contributed by atoms with van der Waals surface area (Å²) in [6, 6.07) is 15.4. The van der Waals surface area contributed by atoms with Crippen molar-refractivity contribution in [2.45, 2.75) is 12.1 Å². The van der Waals surface area contributed by atoms with Gasteiger partial charge in [0.05, 0.1) is 23.4 Å². The minimum absolute atomic E-state index is 0.0938. The number of hydrogen-bond donors (Lipinski definition) is 2. The van der Waals surface area contributed by atoms with Gasteiger partial charge in [-0.25, -0.2) is 0 Å². The lowest BCUT2D eigenvalue weighted by atomic mass is 10.0. The molecule has 0 spiro atoms. The van der Waals surface area contributed by atoms with E-state index in [4.69, 9.17) is 33.3 Å². The van der Waals surface area contributed by atoms with Gasteiger partial charge in [-0.05, 0) is 54.7 Å². The molecule has 8 heteroatoms. The molecule has 1 fully saturated rings. The van der Waals surface area contributed by atoms with Gasteiger partial charge in [-0.15, -0.1) is 0 Å². The lowest BCUT2D eigenvalue weighted by Gasteiger charge is -2.27. The van der Waals surface area contributed by atoms with Crippen LogP contribution in [0.2, 0.25) is 5.02 Å². The Hall–Kier alpha value is -2.61. The van der Waals surface area contributed by atoms with Crippen LogP contribution in [0.15, 0.2) is 60.9 Å². The minimum atomic E-state index is -0.0984. The van der Waals surface area contributed by atoms with Crippen molar-refractivity contribution in [1.82, 2.24) is 15.3 Å². The highest BCUT2D eigenvalue weighted by Gasteiger charge is 2.41. The Morgan fingerprint density at radius 3 is 2.76 bits per heavy atom. The third-order valence-electron chi connectivity index (χ3n) is 4.78. The number of methoxy groups -OCH3 is 1. The summed E-state index contributed by atoms with van der Waals surface area (Å²) in [7, 11) is 1.63. The average molecular weight is 429 g/mol. The number of nitrogens with zero attached hydrogens (tertiary/aromatic N) is 2. The second-order valence-corrected chi connectivity index (χ2v) is 7.37. The lowest BCUT2D eigenvalue weighted by Crippen LogP contribution is -2.29. The fourth-order valence-electron chi connectivity index (χ4n) is 3.47. The van der Waals surface area contributed by atoms with Crippen LogP contribution in [0, 0.1) is 0 Å². The predicted octanol–water partition coefficient (Wildman–Crippen LogP) is 4.27. The standard InChI is InChI=1S/C21H21ClN4O2S/c1-27-11-12-28-18-8-7-14(13-15(18)22)26-20(17-6-4-10-24-17)19(25-21(26)29)16-5-2-3-9-23-16/h2-10,13,19-20,24H,11-12H2,1H3,(H,25,29)/t19-,20+/m1/s1. The number of halogens is 1. The van der Waals surface area contributed by atoms with E-state index in [-0.39, 0.29) is 12.1 Å². The Labute approximate surface area is 179 Å². The zero-order chi connectivity index (χ0) is 20.2. The summed E-state index contributed by atoms with van der Waals surface area (Å²) >= 11 is 12.2. The molecule has 6 nitrogen and oxygen atoms in total. The first-order chi connectivity index (χ1) is 14.2. The predicted molar refractivity (Wildman–Crippen MR) is 118 cm³/mol. The molecular formula is C21H21ClN4O2S. The number of thiocarbonyl (C=S) groups is 1. The highest BCUT2D eigenvalue weighted by Crippen LogP contribution is 2.42. The van der Waals surface area contributed by atoms with Crippen molar-refractivity contribution in [3.8, 4) is 5.75 Å². The first kappa shape index (κ1) is 19.7. The largest absolute Gasteiger partial charge is 0.490 e. The van der Waals surface area contributed by atoms with E-state index in [0.717, 1.165) is 17.1 Å². The van der Waals surface area contributed by atoms with E-state index in [1.54, 1.807) is 13.3 Å². The van der Waals surface area contributed by atoms with Crippen LogP contribution in [-0.4, -0.2) is 35.4 Å². The van der Waals surface area contributed by atoms with Gasteiger partial charge in [0.25, 0.3) is 0 Å². The van der Waals surface area contributed by atoms with Gasteiger partial charge in [0.15, 0.2) is 5.11 Å². The molecule has 150 valence electrons. The van der Waals surface area contributed by atoms with Crippen LogP contribution in [0.1, 0.15) is 23.5 Å². The van der Waals surface area contributed by atoms with Gasteiger partial charge in [-0.2, -0.15) is 0 Å². The van der Waals surface area contributed by atoms with Gasteiger partial charge < -0.3 is 24.7 Å². The molecule has 0 unspecified atom stereocenters. The van der Waals surface area contributed by atoms with Crippen molar-refractivity contribution in [2.24, 2.45) is 0 Å². The summed E-state index contributed by atoms with van der Waals surface area (Å²) in [4.78, 5) is 9.92. The SMILES string of the molecule is COCCOc1ccc(N2C(=S)N[C@H](c3ccccn3)[C@@H]2c2ccc[nH]2)cc1Cl. The van der Waals surface area contributed by atoms with E-state index in [2.05, 4.69) is 20.2 Å². The maximum Gasteiger partial charge on any atom is 0.174 e. The molecule has 1 saturated heterocycles. The van der Waals surface area contributed by atoms with Crippen LogP contribution in [0.4, 0.5) is 5.69 Å². The molecule has 3 heterocycles. The third-order valence-corrected chi connectivity index (χ3v) is 5.39. The highest BCUT2D eigenvalue weighted by molar-refractivity contribution is 7.80. The monoisotopic (exact) mass is 428 g/mol. The topological polar surface area (TPSA) is 62.4 Å². The molecule has 2 N–H and O–H groups in total. The second kappa shape index (κ2) is 8.82. The third kappa shape index (κ3) is 4.07. The van der Waals surface area contributed by atoms with Crippen molar-refractivity contribution in [3.05, 3.63) is 77.3 Å². The molecule has 0 amide bonds. The van der Waals surface area contributed by atoms with Gasteiger partial charge in [0.2, 0.25) is 0 Å². The molecule has 0 bridgehead atoms. The first-order valence-corrected chi connectivity index (χ1v) is 10.0. The van der Waals surface area contributed by atoms with Crippen molar-refractivity contribution >= 4 is 34.6 Å². The summed E-state index contributed by atoms with van der Waals surface area (Å²) in [5.41, 5.74) is 2.83. The number of aromatic amines is 1. The number of anilines is 1. The molecule has 0 saturated carbocycles. The van der Waals surface area contributed by atoms with Crippen LogP contribution in [-0.2, 0) is 4.74 Å². The molecule has 1 aliphatic rings. The lowest BCUT2D eigenvalue weighted by molar-refractivity contribution is 0.146. The zero-order valence-electron chi connectivity index (χ0n) is 15.8. The van der Waals surface area contributed by atoms with Crippen LogP contribution in [0.3, 0.4) is 0 Å². The number of H-pyrrole nitrogens is 1. The molecule has 3 aromatic rings. The van der Waals surface area contributed by atoms with Crippen LogP contribution in [0.5, 0.6) is 5.75 Å². The van der Waals surface area contributed by atoms with Crippen molar-refractivity contribution < 1.29 is 9.47 Å². The van der Waals surface area contributed by atoms with Crippen molar-refractivity contribution in [1.29, 1.82) is 0 Å². The fourth-order valence-corrected chi connectivity index (χ4v) is 4.04. The van der Waals surface area contributed by atoms with Crippen LogP contribution >= 0.6 is 23.8 Å². The van der Waals surface area contributed by atoms with E-state index in [0.29, 0.717) is 29.1 Å². The molecule has 1 aromatic carbocycles. The summed E-state index contributed by atoms with van der Waals surface area (Å²) in [6.07, 6.45) is 3.70. The zero-order valence-corrected chi connectivity index (χ0v) is 17.4. The number of ether oxygens (including phenoxy) is 2. The first-order valence-electron chi connectivity index (χ1n) is 9.24. The molecule has 4 rings (SSSR count). The summed E-state index contributed by atoms with van der Waals surface area (Å²) in [5.74, 6) is 0.614. The second-order valence-electron chi connectivity index (χ2n) is 6.58. The van der Waals surface area contributed by atoms with Gasteiger partial charge in [-0.1, -0.05) is 17.7 Å². The fraction of sp³-hybridized carbons (Fsp3) is 0.238.